The second kappa shape index (κ2) is 3.57. The highest BCUT2D eigenvalue weighted by atomic mass is 16.5. The van der Waals surface area contributed by atoms with Gasteiger partial charge in [-0.25, -0.2) is 0 Å². The fourth-order valence-corrected chi connectivity index (χ4v) is 3.06. The molecular formula is C14H15NO3. The van der Waals surface area contributed by atoms with Gasteiger partial charge >= 0.3 is 0 Å². The number of amides is 1. The lowest BCUT2D eigenvalue weighted by Crippen LogP contribution is -2.61. The Hall–Kier alpha value is -1.84. The van der Waals surface area contributed by atoms with Crippen LogP contribution < -0.4 is 10.1 Å². The summed E-state index contributed by atoms with van der Waals surface area (Å²) in [6.07, 6.45) is 0.639. The van der Waals surface area contributed by atoms with Crippen molar-refractivity contribution >= 4 is 11.7 Å². The molecule has 0 radical (unpaired) electrons. The summed E-state index contributed by atoms with van der Waals surface area (Å²) in [6, 6.07) is 7.63. The Morgan fingerprint density at radius 2 is 2.17 bits per heavy atom. The third-order valence-corrected chi connectivity index (χ3v) is 3.77. The largest absolute Gasteiger partial charge is 0.468 e. The first-order chi connectivity index (χ1) is 8.50. The lowest BCUT2D eigenvalue weighted by Gasteiger charge is -2.46. The Bertz CT molecular complexity index is 540. The van der Waals surface area contributed by atoms with Gasteiger partial charge in [0.15, 0.2) is 5.72 Å². The number of fused-ring (bicyclic) bond motifs is 4. The van der Waals surface area contributed by atoms with Crippen LogP contribution in [0.4, 0.5) is 0 Å². The molecule has 4 heteroatoms. The summed E-state index contributed by atoms with van der Waals surface area (Å²) in [6.45, 7) is 3.33. The van der Waals surface area contributed by atoms with E-state index >= 15 is 0 Å². The van der Waals surface area contributed by atoms with E-state index in [1.807, 2.05) is 31.2 Å². The van der Waals surface area contributed by atoms with Crippen LogP contribution in [0.2, 0.25) is 0 Å². The second-order valence-corrected chi connectivity index (χ2v) is 5.26. The van der Waals surface area contributed by atoms with Gasteiger partial charge in [0.1, 0.15) is 17.5 Å². The van der Waals surface area contributed by atoms with Gasteiger partial charge in [0.05, 0.1) is 0 Å². The molecule has 2 heterocycles. The maximum Gasteiger partial charge on any atom is 0.234 e. The van der Waals surface area contributed by atoms with Crippen LogP contribution in [0, 0.1) is 5.92 Å². The number of nitrogens with one attached hydrogen (secondary N) is 1. The second-order valence-electron chi connectivity index (χ2n) is 5.26. The Morgan fingerprint density at radius 3 is 2.89 bits per heavy atom. The third-order valence-electron chi connectivity index (χ3n) is 3.77. The molecule has 3 rings (SSSR count). The van der Waals surface area contributed by atoms with E-state index < -0.39 is 11.6 Å². The molecule has 2 bridgehead atoms. The number of Topliss-reactive ketones (excluding diaryl/α,β-unsaturated/α-hetero) is 1. The summed E-state index contributed by atoms with van der Waals surface area (Å²) < 4.78 is 5.85. The Morgan fingerprint density at radius 1 is 1.44 bits per heavy atom. The van der Waals surface area contributed by atoms with E-state index in [0.717, 1.165) is 11.3 Å². The van der Waals surface area contributed by atoms with E-state index in [-0.39, 0.29) is 17.6 Å². The summed E-state index contributed by atoms with van der Waals surface area (Å²) in [5.41, 5.74) is 0.271. The highest BCUT2D eigenvalue weighted by Crippen LogP contribution is 2.46. The Balaban J connectivity index is 2.14. The molecule has 0 spiro atoms. The summed E-state index contributed by atoms with van der Waals surface area (Å²) >= 11 is 0. The average molecular weight is 245 g/mol. The summed E-state index contributed by atoms with van der Waals surface area (Å²) in [4.78, 5) is 23.8. The minimum Gasteiger partial charge on any atom is -0.468 e. The minimum atomic E-state index is -0.692. The molecule has 1 N–H and O–H groups in total. The quantitative estimate of drug-likeness (QED) is 0.765. The molecule has 0 aromatic heterocycles. The zero-order valence-electron chi connectivity index (χ0n) is 10.4. The van der Waals surface area contributed by atoms with E-state index in [0.29, 0.717) is 6.42 Å². The molecule has 3 atom stereocenters. The van der Waals surface area contributed by atoms with Crippen molar-refractivity contribution in [2.75, 3.05) is 0 Å². The predicted molar refractivity (Wildman–Crippen MR) is 65.1 cm³/mol. The van der Waals surface area contributed by atoms with Crippen molar-refractivity contribution in [3.05, 3.63) is 29.8 Å². The number of para-hydroxylation sites is 1. The predicted octanol–water partition coefficient (Wildman–Crippen LogP) is 1.60. The summed E-state index contributed by atoms with van der Waals surface area (Å²) in [5.74, 6) is -0.219. The molecule has 2 aliphatic rings. The number of carbonyl (C=O) groups is 2. The van der Waals surface area contributed by atoms with Gasteiger partial charge in [-0.05, 0) is 25.5 Å². The lowest BCUT2D eigenvalue weighted by molar-refractivity contribution is -0.145. The molecule has 1 amide bonds. The summed E-state index contributed by atoms with van der Waals surface area (Å²) in [5, 5.41) is 2.81. The molecule has 0 aliphatic carbocycles. The number of hydrogen-bond acceptors (Lipinski definition) is 3. The van der Waals surface area contributed by atoms with E-state index in [1.54, 1.807) is 0 Å². The van der Waals surface area contributed by atoms with Crippen LogP contribution >= 0.6 is 0 Å². The SMILES string of the molecule is CC(=O)C1C(=O)N[C@]2(C)C[C@H]1c1ccccc1O2. The molecule has 0 saturated carbocycles. The molecule has 94 valence electrons. The first-order valence-corrected chi connectivity index (χ1v) is 6.11. The van der Waals surface area contributed by atoms with Gasteiger partial charge in [0.25, 0.3) is 0 Å². The summed E-state index contributed by atoms with van der Waals surface area (Å²) in [7, 11) is 0. The van der Waals surface area contributed by atoms with Crippen molar-refractivity contribution in [2.24, 2.45) is 5.92 Å². The third kappa shape index (κ3) is 1.52. The molecule has 18 heavy (non-hydrogen) atoms. The van der Waals surface area contributed by atoms with Crippen LogP contribution in [-0.2, 0) is 9.59 Å². The first-order valence-electron chi connectivity index (χ1n) is 6.11. The van der Waals surface area contributed by atoms with Crippen LogP contribution in [-0.4, -0.2) is 17.4 Å². The highest BCUT2D eigenvalue weighted by Gasteiger charge is 2.50. The smallest absolute Gasteiger partial charge is 0.234 e. The van der Waals surface area contributed by atoms with E-state index in [2.05, 4.69) is 5.32 Å². The zero-order valence-corrected chi connectivity index (χ0v) is 10.4. The number of piperidine rings is 1. The van der Waals surface area contributed by atoms with Crippen LogP contribution in [0.1, 0.15) is 31.7 Å². The van der Waals surface area contributed by atoms with Gasteiger partial charge in [0, 0.05) is 12.3 Å². The maximum atomic E-state index is 12.1. The fourth-order valence-electron chi connectivity index (χ4n) is 3.06. The standard InChI is InChI=1S/C14H15NO3/c1-8(16)12-10-7-14(2,15-13(12)17)18-11-6-4-3-5-9(10)11/h3-6,10,12H,7H2,1-2H3,(H,15,17)/t10-,12?,14-/m0/s1. The Kier molecular flexibility index (Phi) is 2.24. The monoisotopic (exact) mass is 245 g/mol. The number of ketones is 1. The van der Waals surface area contributed by atoms with Crippen molar-refractivity contribution in [1.82, 2.24) is 5.32 Å². The minimum absolute atomic E-state index is 0.0776. The van der Waals surface area contributed by atoms with Gasteiger partial charge in [-0.1, -0.05) is 18.2 Å². The van der Waals surface area contributed by atoms with Crippen LogP contribution in [0.25, 0.3) is 0 Å². The molecule has 1 aromatic carbocycles. The lowest BCUT2D eigenvalue weighted by atomic mass is 9.73. The highest BCUT2D eigenvalue weighted by molar-refractivity contribution is 6.02. The molecule has 1 aromatic rings. The van der Waals surface area contributed by atoms with Crippen LogP contribution in [0.5, 0.6) is 5.75 Å². The van der Waals surface area contributed by atoms with Crippen molar-refractivity contribution in [3.63, 3.8) is 0 Å². The number of rotatable bonds is 1. The van der Waals surface area contributed by atoms with Gasteiger partial charge < -0.3 is 10.1 Å². The van der Waals surface area contributed by atoms with Crippen LogP contribution in [0.3, 0.4) is 0 Å². The zero-order chi connectivity index (χ0) is 12.9. The molecule has 4 nitrogen and oxygen atoms in total. The number of hydrogen-bond donors (Lipinski definition) is 1. The van der Waals surface area contributed by atoms with E-state index in [1.165, 1.54) is 6.92 Å². The fraction of sp³-hybridized carbons (Fsp3) is 0.429. The molecule has 1 unspecified atom stereocenters. The molecule has 1 saturated heterocycles. The van der Waals surface area contributed by atoms with Crippen molar-refractivity contribution in [2.45, 2.75) is 31.9 Å². The number of carbonyl (C=O) groups excluding carboxylic acids is 2. The first kappa shape index (κ1) is 11.3. The molecular weight excluding hydrogens is 230 g/mol. The molecule has 1 fully saturated rings. The van der Waals surface area contributed by atoms with Crippen molar-refractivity contribution < 1.29 is 14.3 Å². The van der Waals surface area contributed by atoms with Gasteiger partial charge in [0.2, 0.25) is 5.91 Å². The van der Waals surface area contributed by atoms with Gasteiger partial charge in [-0.3, -0.25) is 9.59 Å². The average Bonchev–Trinajstić information content (AvgIpc) is 2.26. The molecule has 2 aliphatic heterocycles. The Labute approximate surface area is 105 Å². The van der Waals surface area contributed by atoms with Crippen molar-refractivity contribution in [1.29, 1.82) is 0 Å². The van der Waals surface area contributed by atoms with E-state index in [4.69, 9.17) is 4.74 Å². The van der Waals surface area contributed by atoms with Crippen LogP contribution in [0.15, 0.2) is 24.3 Å². The van der Waals surface area contributed by atoms with E-state index in [9.17, 15) is 9.59 Å². The van der Waals surface area contributed by atoms with Gasteiger partial charge in [-0.2, -0.15) is 0 Å². The maximum absolute atomic E-state index is 12.1. The van der Waals surface area contributed by atoms with Gasteiger partial charge in [-0.15, -0.1) is 0 Å². The number of ether oxygens (including phenoxy) is 1. The topological polar surface area (TPSA) is 55.4 Å². The number of benzene rings is 1. The van der Waals surface area contributed by atoms with Crippen molar-refractivity contribution in [3.8, 4) is 5.75 Å². The normalized spacial score (nSPS) is 33.1.